The van der Waals surface area contributed by atoms with E-state index in [0.717, 1.165) is 25.3 Å². The Labute approximate surface area is 176 Å². The first-order valence-electron chi connectivity index (χ1n) is 8.73. The Bertz CT molecular complexity index is 1220. The largest absolute Gasteiger partial charge is 0.507 e. The van der Waals surface area contributed by atoms with Gasteiger partial charge in [0.05, 0.1) is 23.3 Å². The Hall–Kier alpha value is -3.53. The minimum atomic E-state index is -4.47. The van der Waals surface area contributed by atoms with Crippen LogP contribution in [0.3, 0.4) is 0 Å². The van der Waals surface area contributed by atoms with Gasteiger partial charge in [-0.3, -0.25) is 4.72 Å². The van der Waals surface area contributed by atoms with Gasteiger partial charge in [-0.1, -0.05) is 24.3 Å². The van der Waals surface area contributed by atoms with Crippen molar-refractivity contribution in [2.24, 2.45) is 0 Å². The van der Waals surface area contributed by atoms with E-state index in [1.807, 2.05) is 0 Å². The summed E-state index contributed by atoms with van der Waals surface area (Å²) >= 11 is 0. The Morgan fingerprint density at radius 1 is 0.968 bits per heavy atom. The number of alkyl halides is 3. The van der Waals surface area contributed by atoms with Crippen LogP contribution < -0.4 is 4.72 Å². The van der Waals surface area contributed by atoms with Crippen LogP contribution in [-0.2, 0) is 20.9 Å². The average Bonchev–Trinajstić information content (AvgIpc) is 2.72. The summed E-state index contributed by atoms with van der Waals surface area (Å²) in [4.78, 5) is 11.4. The van der Waals surface area contributed by atoms with Crippen molar-refractivity contribution >= 4 is 21.7 Å². The molecule has 0 aliphatic carbocycles. The summed E-state index contributed by atoms with van der Waals surface area (Å²) in [6.07, 6.45) is -4.47. The summed E-state index contributed by atoms with van der Waals surface area (Å²) < 4.78 is 70.4. The first-order chi connectivity index (χ1) is 14.5. The lowest BCUT2D eigenvalue weighted by molar-refractivity contribution is -0.137. The number of carbonyl (C=O) groups excluding carboxylic acids is 1. The fraction of sp³-hybridized carbons (Fsp3) is 0.0952. The molecule has 6 nitrogen and oxygen atoms in total. The molecule has 3 rings (SSSR count). The number of ether oxygens (including phenoxy) is 1. The number of methoxy groups -OCH3 is 1. The highest BCUT2D eigenvalue weighted by Gasteiger charge is 2.30. The van der Waals surface area contributed by atoms with Gasteiger partial charge in [0.1, 0.15) is 11.3 Å². The number of esters is 1. The number of phenolic OH excluding ortho intramolecular Hbond substituents is 1. The number of rotatable bonds is 5. The summed E-state index contributed by atoms with van der Waals surface area (Å²) in [5.41, 5.74) is -0.123. The molecule has 0 fully saturated rings. The van der Waals surface area contributed by atoms with E-state index in [-0.39, 0.29) is 16.1 Å². The molecule has 0 aromatic heterocycles. The molecule has 0 spiro atoms. The maximum atomic E-state index is 12.7. The van der Waals surface area contributed by atoms with Gasteiger partial charge < -0.3 is 9.84 Å². The van der Waals surface area contributed by atoms with E-state index in [1.165, 1.54) is 42.5 Å². The number of anilines is 1. The van der Waals surface area contributed by atoms with Crippen molar-refractivity contribution in [2.45, 2.75) is 11.1 Å². The third-order valence-corrected chi connectivity index (χ3v) is 5.72. The number of sulfonamides is 1. The molecule has 0 amide bonds. The predicted octanol–water partition coefficient (Wildman–Crippen LogP) is 4.67. The molecule has 0 aliphatic heterocycles. The van der Waals surface area contributed by atoms with Crippen molar-refractivity contribution in [1.29, 1.82) is 0 Å². The Kier molecular flexibility index (Phi) is 5.94. The minimum absolute atomic E-state index is 0.00471. The highest BCUT2D eigenvalue weighted by molar-refractivity contribution is 7.92. The van der Waals surface area contributed by atoms with Gasteiger partial charge in [0.15, 0.2) is 0 Å². The molecule has 2 N–H and O–H groups in total. The van der Waals surface area contributed by atoms with Crippen LogP contribution in [0.4, 0.5) is 18.9 Å². The molecule has 162 valence electrons. The van der Waals surface area contributed by atoms with Gasteiger partial charge in [0.25, 0.3) is 10.0 Å². The van der Waals surface area contributed by atoms with Crippen LogP contribution in [0.25, 0.3) is 11.1 Å². The Balaban J connectivity index is 1.87. The number of benzene rings is 3. The van der Waals surface area contributed by atoms with Gasteiger partial charge in [-0.25, -0.2) is 13.2 Å². The van der Waals surface area contributed by atoms with E-state index >= 15 is 0 Å². The molecule has 0 saturated carbocycles. The molecule has 0 bridgehead atoms. The summed E-state index contributed by atoms with van der Waals surface area (Å²) in [5.74, 6) is -1.25. The maximum absolute atomic E-state index is 12.7. The topological polar surface area (TPSA) is 92.7 Å². The van der Waals surface area contributed by atoms with Gasteiger partial charge in [0.2, 0.25) is 0 Å². The van der Waals surface area contributed by atoms with E-state index in [2.05, 4.69) is 9.46 Å². The molecular formula is C21H16F3NO5S. The lowest BCUT2D eigenvalue weighted by Gasteiger charge is -2.11. The number of hydrogen-bond donors (Lipinski definition) is 2. The fourth-order valence-corrected chi connectivity index (χ4v) is 3.88. The van der Waals surface area contributed by atoms with Crippen LogP contribution >= 0.6 is 0 Å². The second-order valence-electron chi connectivity index (χ2n) is 6.43. The van der Waals surface area contributed by atoms with Crippen LogP contribution in [0.2, 0.25) is 0 Å². The smallest absolute Gasteiger partial charge is 0.416 e. The van der Waals surface area contributed by atoms with Gasteiger partial charge in [-0.15, -0.1) is 0 Å². The Morgan fingerprint density at radius 2 is 1.65 bits per heavy atom. The number of nitrogens with one attached hydrogen (secondary N) is 1. The van der Waals surface area contributed by atoms with Crippen molar-refractivity contribution in [1.82, 2.24) is 0 Å². The third kappa shape index (κ3) is 4.97. The van der Waals surface area contributed by atoms with E-state index in [9.17, 15) is 31.5 Å². The molecule has 0 unspecified atom stereocenters. The quantitative estimate of drug-likeness (QED) is 0.550. The second kappa shape index (κ2) is 8.31. The number of aromatic hydroxyl groups is 1. The summed E-state index contributed by atoms with van der Waals surface area (Å²) in [5, 5.41) is 9.92. The zero-order chi connectivity index (χ0) is 22.8. The minimum Gasteiger partial charge on any atom is -0.507 e. The van der Waals surface area contributed by atoms with Crippen molar-refractivity contribution < 1.29 is 36.2 Å². The molecule has 0 atom stereocenters. The molecule has 31 heavy (non-hydrogen) atoms. The maximum Gasteiger partial charge on any atom is 0.416 e. The van der Waals surface area contributed by atoms with Crippen LogP contribution in [-0.4, -0.2) is 26.6 Å². The molecular weight excluding hydrogens is 435 g/mol. The molecule has 3 aromatic carbocycles. The molecule has 3 aromatic rings. The standard InChI is InChI=1S/C21H16F3NO5S/c1-30-20(27)18-10-9-16(12-19(18)26)25-31(28,29)17-4-2-3-14(11-17)13-5-7-15(8-6-13)21(22,23)24/h2-12,25-26H,1H3. The van der Waals surface area contributed by atoms with Gasteiger partial charge in [-0.2, -0.15) is 13.2 Å². The average molecular weight is 451 g/mol. The first-order valence-corrected chi connectivity index (χ1v) is 10.2. The monoisotopic (exact) mass is 451 g/mol. The molecule has 0 radical (unpaired) electrons. The van der Waals surface area contributed by atoms with Crippen LogP contribution in [0.15, 0.2) is 71.6 Å². The number of halogens is 3. The van der Waals surface area contributed by atoms with Gasteiger partial charge >= 0.3 is 12.1 Å². The van der Waals surface area contributed by atoms with E-state index < -0.39 is 33.5 Å². The highest BCUT2D eigenvalue weighted by atomic mass is 32.2. The lowest BCUT2D eigenvalue weighted by atomic mass is 10.0. The third-order valence-electron chi connectivity index (χ3n) is 4.35. The SMILES string of the molecule is COC(=O)c1ccc(NS(=O)(=O)c2cccc(-c3ccc(C(F)(F)F)cc3)c2)cc1O. The number of carbonyl (C=O) groups is 1. The zero-order valence-electron chi connectivity index (χ0n) is 16.0. The molecule has 0 aliphatic rings. The zero-order valence-corrected chi connectivity index (χ0v) is 16.8. The first kappa shape index (κ1) is 22.2. The fourth-order valence-electron chi connectivity index (χ4n) is 2.79. The predicted molar refractivity (Wildman–Crippen MR) is 107 cm³/mol. The van der Waals surface area contributed by atoms with Crippen LogP contribution in [0.1, 0.15) is 15.9 Å². The molecule has 0 heterocycles. The van der Waals surface area contributed by atoms with E-state index in [1.54, 1.807) is 6.07 Å². The van der Waals surface area contributed by atoms with Crippen molar-refractivity contribution in [3.8, 4) is 16.9 Å². The number of phenols is 1. The van der Waals surface area contributed by atoms with Crippen LogP contribution in [0.5, 0.6) is 5.75 Å². The van der Waals surface area contributed by atoms with Gasteiger partial charge in [0, 0.05) is 6.07 Å². The van der Waals surface area contributed by atoms with E-state index in [0.29, 0.717) is 11.1 Å². The number of hydrogen-bond acceptors (Lipinski definition) is 5. The summed E-state index contributed by atoms with van der Waals surface area (Å²) in [6, 6.07) is 13.5. The molecule has 10 heteroatoms. The second-order valence-corrected chi connectivity index (χ2v) is 8.11. The lowest BCUT2D eigenvalue weighted by Crippen LogP contribution is -2.13. The van der Waals surface area contributed by atoms with Crippen molar-refractivity contribution in [3.63, 3.8) is 0 Å². The summed E-state index contributed by atoms with van der Waals surface area (Å²) in [6.45, 7) is 0. The van der Waals surface area contributed by atoms with E-state index in [4.69, 9.17) is 0 Å². The molecule has 0 saturated heterocycles. The highest BCUT2D eigenvalue weighted by Crippen LogP contribution is 2.32. The summed E-state index contributed by atoms with van der Waals surface area (Å²) in [7, 11) is -2.95. The van der Waals surface area contributed by atoms with Crippen molar-refractivity contribution in [3.05, 3.63) is 77.9 Å². The van der Waals surface area contributed by atoms with Crippen LogP contribution in [0, 0.1) is 0 Å². The Morgan fingerprint density at radius 3 is 2.23 bits per heavy atom. The normalized spacial score (nSPS) is 11.7. The van der Waals surface area contributed by atoms with Gasteiger partial charge in [-0.05, 0) is 47.5 Å². The van der Waals surface area contributed by atoms with Crippen molar-refractivity contribution in [2.75, 3.05) is 11.8 Å².